The Labute approximate surface area is 97.1 Å². The molecule has 0 spiro atoms. The Morgan fingerprint density at radius 1 is 1.31 bits per heavy atom. The summed E-state index contributed by atoms with van der Waals surface area (Å²) in [5.74, 6) is 1.36. The van der Waals surface area contributed by atoms with Gasteiger partial charge in [-0.25, -0.2) is 0 Å². The fraction of sp³-hybridized carbons (Fsp3) is 0.500. The molecule has 2 heteroatoms. The summed E-state index contributed by atoms with van der Waals surface area (Å²) >= 11 is 0. The summed E-state index contributed by atoms with van der Waals surface area (Å²) in [5, 5.41) is 3.19. The average molecular weight is 217 g/mol. The molecule has 1 aliphatic heterocycles. The highest BCUT2D eigenvalue weighted by molar-refractivity contribution is 5.96. The van der Waals surface area contributed by atoms with E-state index < -0.39 is 0 Å². The van der Waals surface area contributed by atoms with E-state index in [2.05, 4.69) is 31.3 Å². The molecule has 0 unspecified atom stereocenters. The van der Waals surface area contributed by atoms with Gasteiger partial charge in [0.05, 0.1) is 0 Å². The highest BCUT2D eigenvalue weighted by atomic mass is 16.1. The molecular formula is C14H19NO. The minimum Gasteiger partial charge on any atom is -0.316 e. The minimum atomic E-state index is 0.279. The highest BCUT2D eigenvalue weighted by Crippen LogP contribution is 2.17. The molecule has 0 aliphatic carbocycles. The van der Waals surface area contributed by atoms with Crippen molar-refractivity contribution in [3.05, 3.63) is 35.4 Å². The lowest BCUT2D eigenvalue weighted by Crippen LogP contribution is -2.42. The van der Waals surface area contributed by atoms with Crippen LogP contribution in [0.2, 0.25) is 0 Å². The van der Waals surface area contributed by atoms with Gasteiger partial charge >= 0.3 is 0 Å². The maximum atomic E-state index is 11.9. The van der Waals surface area contributed by atoms with Gasteiger partial charge in [-0.2, -0.15) is 0 Å². The Balaban J connectivity index is 2.00. The second kappa shape index (κ2) is 4.79. The Morgan fingerprint density at radius 2 is 1.94 bits per heavy atom. The predicted molar refractivity (Wildman–Crippen MR) is 65.8 cm³/mol. The SMILES string of the molecule is CC(C)c1ccc(C(=O)CC2CNC2)cc1. The van der Waals surface area contributed by atoms with Crippen molar-refractivity contribution >= 4 is 5.78 Å². The maximum Gasteiger partial charge on any atom is 0.163 e. The second-order valence-corrected chi connectivity index (χ2v) is 4.93. The Bertz CT molecular complexity index is 363. The number of hydrogen-bond donors (Lipinski definition) is 1. The summed E-state index contributed by atoms with van der Waals surface area (Å²) in [5.41, 5.74) is 2.15. The summed E-state index contributed by atoms with van der Waals surface area (Å²) in [7, 11) is 0. The zero-order valence-corrected chi connectivity index (χ0v) is 9.99. The van der Waals surface area contributed by atoms with Gasteiger partial charge in [0.15, 0.2) is 5.78 Å². The predicted octanol–water partition coefficient (Wildman–Crippen LogP) is 2.60. The van der Waals surface area contributed by atoms with E-state index in [0.717, 1.165) is 18.7 Å². The lowest BCUT2D eigenvalue weighted by molar-refractivity contribution is 0.0945. The van der Waals surface area contributed by atoms with Crippen LogP contribution in [0.25, 0.3) is 0 Å². The van der Waals surface area contributed by atoms with E-state index in [-0.39, 0.29) is 5.78 Å². The number of carbonyl (C=O) groups is 1. The molecule has 0 radical (unpaired) electrons. The molecule has 0 atom stereocenters. The van der Waals surface area contributed by atoms with Gasteiger partial charge in [0.1, 0.15) is 0 Å². The van der Waals surface area contributed by atoms with E-state index >= 15 is 0 Å². The van der Waals surface area contributed by atoms with Gasteiger partial charge in [-0.1, -0.05) is 38.1 Å². The first-order chi connectivity index (χ1) is 7.66. The molecule has 2 nitrogen and oxygen atoms in total. The fourth-order valence-corrected chi connectivity index (χ4v) is 1.93. The van der Waals surface area contributed by atoms with Crippen molar-refractivity contribution in [2.45, 2.75) is 26.2 Å². The number of benzene rings is 1. The van der Waals surface area contributed by atoms with Gasteiger partial charge in [0, 0.05) is 12.0 Å². The van der Waals surface area contributed by atoms with E-state index in [4.69, 9.17) is 0 Å². The zero-order chi connectivity index (χ0) is 11.5. The number of nitrogens with one attached hydrogen (secondary N) is 1. The van der Waals surface area contributed by atoms with Crippen molar-refractivity contribution in [2.24, 2.45) is 5.92 Å². The highest BCUT2D eigenvalue weighted by Gasteiger charge is 2.20. The number of hydrogen-bond acceptors (Lipinski definition) is 2. The Morgan fingerprint density at radius 3 is 2.38 bits per heavy atom. The van der Waals surface area contributed by atoms with Crippen LogP contribution in [0.3, 0.4) is 0 Å². The van der Waals surface area contributed by atoms with Crippen LogP contribution >= 0.6 is 0 Å². The van der Waals surface area contributed by atoms with Gasteiger partial charge in [0.25, 0.3) is 0 Å². The Hall–Kier alpha value is -1.15. The van der Waals surface area contributed by atoms with Gasteiger partial charge in [-0.05, 0) is 30.5 Å². The molecule has 16 heavy (non-hydrogen) atoms. The Kier molecular flexibility index (Phi) is 3.39. The summed E-state index contributed by atoms with van der Waals surface area (Å²) in [4.78, 5) is 11.9. The van der Waals surface area contributed by atoms with Crippen molar-refractivity contribution in [2.75, 3.05) is 13.1 Å². The summed E-state index contributed by atoms with van der Waals surface area (Å²) in [6.45, 7) is 6.32. The summed E-state index contributed by atoms with van der Waals surface area (Å²) < 4.78 is 0. The van der Waals surface area contributed by atoms with E-state index in [1.54, 1.807) is 0 Å². The molecule has 0 bridgehead atoms. The fourth-order valence-electron chi connectivity index (χ4n) is 1.93. The summed E-state index contributed by atoms with van der Waals surface area (Å²) in [6.07, 6.45) is 0.689. The van der Waals surface area contributed by atoms with Crippen molar-refractivity contribution in [3.8, 4) is 0 Å². The first-order valence-electron chi connectivity index (χ1n) is 6.00. The minimum absolute atomic E-state index is 0.279. The van der Waals surface area contributed by atoms with Gasteiger partial charge in [0.2, 0.25) is 0 Å². The summed E-state index contributed by atoms with van der Waals surface area (Å²) in [6, 6.07) is 8.06. The molecule has 86 valence electrons. The zero-order valence-electron chi connectivity index (χ0n) is 9.99. The van der Waals surface area contributed by atoms with Crippen LogP contribution < -0.4 is 5.32 Å². The van der Waals surface area contributed by atoms with E-state index in [1.807, 2.05) is 12.1 Å². The van der Waals surface area contributed by atoms with Gasteiger partial charge in [-0.3, -0.25) is 4.79 Å². The lowest BCUT2D eigenvalue weighted by atomic mass is 9.93. The van der Waals surface area contributed by atoms with Gasteiger partial charge in [-0.15, -0.1) is 0 Å². The number of carbonyl (C=O) groups excluding carboxylic acids is 1. The van der Waals surface area contributed by atoms with Gasteiger partial charge < -0.3 is 5.32 Å². The first-order valence-corrected chi connectivity index (χ1v) is 6.00. The van der Waals surface area contributed by atoms with Crippen LogP contribution in [0, 0.1) is 5.92 Å². The second-order valence-electron chi connectivity index (χ2n) is 4.93. The van der Waals surface area contributed by atoms with E-state index in [9.17, 15) is 4.79 Å². The van der Waals surface area contributed by atoms with Crippen LogP contribution in [-0.4, -0.2) is 18.9 Å². The quantitative estimate of drug-likeness (QED) is 0.785. The molecule has 1 heterocycles. The molecule has 0 amide bonds. The number of ketones is 1. The molecule has 2 rings (SSSR count). The van der Waals surface area contributed by atoms with Crippen LogP contribution in [0.4, 0.5) is 0 Å². The van der Waals surface area contributed by atoms with Crippen LogP contribution in [-0.2, 0) is 0 Å². The first kappa shape index (κ1) is 11.3. The van der Waals surface area contributed by atoms with E-state index in [0.29, 0.717) is 18.3 Å². The van der Waals surface area contributed by atoms with Crippen LogP contribution in [0.5, 0.6) is 0 Å². The average Bonchev–Trinajstić information content (AvgIpc) is 2.23. The third-order valence-corrected chi connectivity index (χ3v) is 3.24. The number of Topliss-reactive ketones (excluding diaryl/α,β-unsaturated/α-hetero) is 1. The topological polar surface area (TPSA) is 29.1 Å². The molecule has 1 aromatic carbocycles. The molecule has 1 aliphatic rings. The molecule has 1 N–H and O–H groups in total. The van der Waals surface area contributed by atoms with Crippen LogP contribution in [0.15, 0.2) is 24.3 Å². The largest absolute Gasteiger partial charge is 0.316 e. The smallest absolute Gasteiger partial charge is 0.163 e. The molecule has 1 fully saturated rings. The van der Waals surface area contributed by atoms with Crippen molar-refractivity contribution in [1.29, 1.82) is 0 Å². The van der Waals surface area contributed by atoms with Crippen molar-refractivity contribution in [3.63, 3.8) is 0 Å². The van der Waals surface area contributed by atoms with Crippen molar-refractivity contribution in [1.82, 2.24) is 5.32 Å². The molecule has 1 aromatic rings. The maximum absolute atomic E-state index is 11.9. The standard InChI is InChI=1S/C14H19NO/c1-10(2)12-3-5-13(6-4-12)14(16)7-11-8-15-9-11/h3-6,10-11,15H,7-9H2,1-2H3. The monoisotopic (exact) mass is 217 g/mol. The molecule has 0 saturated carbocycles. The van der Waals surface area contributed by atoms with E-state index in [1.165, 1.54) is 5.56 Å². The normalized spacial score (nSPS) is 16.2. The van der Waals surface area contributed by atoms with Crippen LogP contribution in [0.1, 0.15) is 42.1 Å². The number of rotatable bonds is 4. The molecule has 1 saturated heterocycles. The van der Waals surface area contributed by atoms with Crippen molar-refractivity contribution < 1.29 is 4.79 Å². The lowest BCUT2D eigenvalue weighted by Gasteiger charge is -2.26. The molecule has 0 aromatic heterocycles. The molecular weight excluding hydrogens is 198 g/mol. The third-order valence-electron chi connectivity index (χ3n) is 3.24. The third kappa shape index (κ3) is 2.50.